The van der Waals surface area contributed by atoms with Crippen molar-refractivity contribution in [1.29, 1.82) is 0 Å². The Morgan fingerprint density at radius 2 is 1.60 bits per heavy atom. The van der Waals surface area contributed by atoms with Crippen molar-refractivity contribution >= 4 is 43.7 Å². The van der Waals surface area contributed by atoms with Gasteiger partial charge in [-0.05, 0) is 66.4 Å². The molecule has 222 valence electrons. The van der Waals surface area contributed by atoms with Gasteiger partial charge in [0.2, 0.25) is 5.90 Å². The molecule has 8 heteroatoms. The molecule has 2 N–H and O–H groups in total. The van der Waals surface area contributed by atoms with E-state index in [4.69, 9.17) is 19.6 Å². The zero-order chi connectivity index (χ0) is 30.1. The number of carbonyl (C=O) groups is 1. The molecule has 0 saturated carbocycles. The predicted octanol–water partition coefficient (Wildman–Crippen LogP) is 7.22. The number of aliphatic hydroxyl groups is 1. The normalized spacial score (nSPS) is 17.7. The third-order valence-corrected chi connectivity index (χ3v) is 8.63. The van der Waals surface area contributed by atoms with E-state index in [0.29, 0.717) is 37.6 Å². The summed E-state index contributed by atoms with van der Waals surface area (Å²) < 4.78 is 14.2. The largest absolute Gasteiger partial charge is 0.494 e. The van der Waals surface area contributed by atoms with E-state index in [9.17, 15) is 4.79 Å². The zero-order valence-corrected chi connectivity index (χ0v) is 26.9. The maximum absolute atomic E-state index is 14.4. The minimum atomic E-state index is -1.25. The average molecular weight is 706 g/mol. The number of amides is 1. The minimum absolute atomic E-state index is 0.0773. The number of ether oxygens (including phenoxy) is 2. The van der Waals surface area contributed by atoms with Gasteiger partial charge in [0.05, 0.1) is 6.61 Å². The van der Waals surface area contributed by atoms with Gasteiger partial charge in [-0.1, -0.05) is 92.5 Å². The highest BCUT2D eigenvalue weighted by Crippen LogP contribution is 2.44. The van der Waals surface area contributed by atoms with Crippen molar-refractivity contribution in [1.82, 2.24) is 5.32 Å². The molecule has 0 saturated heterocycles. The number of aryl methyl sites for hydroxylation is 1. The van der Waals surface area contributed by atoms with Crippen molar-refractivity contribution in [2.24, 2.45) is 4.99 Å². The first kappa shape index (κ1) is 31.0. The second-order valence-electron chi connectivity index (χ2n) is 10.5. The van der Waals surface area contributed by atoms with Crippen LogP contribution < -0.4 is 10.1 Å². The Balaban J connectivity index is 1.48. The summed E-state index contributed by atoms with van der Waals surface area (Å²) in [6.45, 7) is 1.02. The van der Waals surface area contributed by atoms with Gasteiger partial charge in [-0.3, -0.25) is 4.79 Å². The molecule has 0 aromatic heterocycles. The monoisotopic (exact) mass is 704 g/mol. The molecule has 4 aromatic rings. The topological polar surface area (TPSA) is 80.2 Å². The highest BCUT2D eigenvalue weighted by atomic mass is 79.9. The van der Waals surface area contributed by atoms with Crippen LogP contribution in [0.1, 0.15) is 41.2 Å². The highest BCUT2D eigenvalue weighted by Gasteiger charge is 2.53. The van der Waals surface area contributed by atoms with Gasteiger partial charge in [0.25, 0.3) is 5.91 Å². The summed E-state index contributed by atoms with van der Waals surface area (Å²) in [6.07, 6.45) is 1.91. The molecule has 0 bridgehead atoms. The summed E-state index contributed by atoms with van der Waals surface area (Å²) in [5.74, 6) is 0.915. The molecule has 0 radical (unpaired) electrons. The lowest BCUT2D eigenvalue weighted by Gasteiger charge is -2.31. The first-order valence-electron chi connectivity index (χ1n) is 14.4. The lowest BCUT2D eigenvalue weighted by Crippen LogP contribution is -2.50. The summed E-state index contributed by atoms with van der Waals surface area (Å²) in [6, 6.07) is 33.5. The molecule has 1 aliphatic rings. The van der Waals surface area contributed by atoms with Gasteiger partial charge in [0.15, 0.2) is 11.6 Å². The third kappa shape index (κ3) is 7.74. The van der Waals surface area contributed by atoms with Crippen LogP contribution in [-0.2, 0) is 22.4 Å². The van der Waals surface area contributed by atoms with Crippen LogP contribution >= 0.6 is 31.9 Å². The number of hydrogen-bond donors (Lipinski definition) is 2. The molecule has 2 atom stereocenters. The Morgan fingerprint density at radius 3 is 2.33 bits per heavy atom. The summed E-state index contributed by atoms with van der Waals surface area (Å²) in [7, 11) is 0. The lowest BCUT2D eigenvalue weighted by atomic mass is 9.82. The van der Waals surface area contributed by atoms with Gasteiger partial charge in [-0.25, -0.2) is 4.99 Å². The quantitative estimate of drug-likeness (QED) is 0.144. The number of carbonyl (C=O) groups excluding carboxylic acids is 1. The highest BCUT2D eigenvalue weighted by molar-refractivity contribution is 9.10. The van der Waals surface area contributed by atoms with Crippen LogP contribution in [0.15, 0.2) is 117 Å². The van der Waals surface area contributed by atoms with Gasteiger partial charge >= 0.3 is 0 Å². The summed E-state index contributed by atoms with van der Waals surface area (Å²) >= 11 is 7.23. The molecule has 4 aromatic carbocycles. The van der Waals surface area contributed by atoms with Crippen molar-refractivity contribution in [3.63, 3.8) is 0 Å². The molecule has 43 heavy (non-hydrogen) atoms. The van der Waals surface area contributed by atoms with Crippen molar-refractivity contribution in [2.75, 3.05) is 19.8 Å². The standard InChI is InChI=1S/C35H34Br2N2O4/c36-28-17-13-26(14-18-28)24-35(34(41)38-21-6-10-25-8-2-1-3-9-25)32(30-11-4-5-12-31(30)37)43-33(39-35)27-15-19-29(20-16-27)42-23-7-22-40/h1-5,8-9,11-20,32,40H,6-7,10,21-24H2,(H,38,41)/t32-,35-/m1/s1. The molecular formula is C35H34Br2N2O4. The second kappa shape index (κ2) is 14.8. The van der Waals surface area contributed by atoms with E-state index in [2.05, 4.69) is 49.3 Å². The lowest BCUT2D eigenvalue weighted by molar-refractivity contribution is -0.128. The summed E-state index contributed by atoms with van der Waals surface area (Å²) in [4.78, 5) is 19.5. The van der Waals surface area contributed by atoms with Gasteiger partial charge in [-0.2, -0.15) is 0 Å². The number of hydrogen-bond acceptors (Lipinski definition) is 5. The molecule has 6 nitrogen and oxygen atoms in total. The number of aliphatic hydroxyl groups excluding tert-OH is 1. The van der Waals surface area contributed by atoms with Crippen molar-refractivity contribution in [2.45, 2.75) is 37.3 Å². The molecule has 0 unspecified atom stereocenters. The number of nitrogens with zero attached hydrogens (tertiary/aromatic N) is 1. The molecule has 5 rings (SSSR count). The van der Waals surface area contributed by atoms with Crippen LogP contribution in [0.3, 0.4) is 0 Å². The van der Waals surface area contributed by atoms with Crippen molar-refractivity contribution in [3.8, 4) is 5.75 Å². The minimum Gasteiger partial charge on any atom is -0.494 e. The Labute approximate surface area is 269 Å². The summed E-state index contributed by atoms with van der Waals surface area (Å²) in [5.41, 5.74) is 2.56. The molecule has 0 fully saturated rings. The second-order valence-corrected chi connectivity index (χ2v) is 12.2. The maximum Gasteiger partial charge on any atom is 0.252 e. The fourth-order valence-electron chi connectivity index (χ4n) is 5.15. The molecule has 1 amide bonds. The Bertz CT molecular complexity index is 1530. The molecule has 1 heterocycles. The van der Waals surface area contributed by atoms with E-state index in [1.54, 1.807) is 0 Å². The number of benzene rings is 4. The number of rotatable bonds is 13. The number of aliphatic imine (C=N–C) groups is 1. The first-order chi connectivity index (χ1) is 21.0. The Morgan fingerprint density at radius 1 is 0.884 bits per heavy atom. The SMILES string of the molecule is O=C(NCCCc1ccccc1)[C@]1(Cc2ccc(Br)cc2)N=C(c2ccc(OCCCO)cc2)O[C@@H]1c1ccccc1Br. The molecule has 1 aliphatic heterocycles. The third-order valence-electron chi connectivity index (χ3n) is 7.38. The van der Waals surface area contributed by atoms with E-state index < -0.39 is 11.6 Å². The van der Waals surface area contributed by atoms with Crippen molar-refractivity contribution < 1.29 is 19.4 Å². The Hall–Kier alpha value is -3.46. The number of halogens is 2. The maximum atomic E-state index is 14.4. The van der Waals surface area contributed by atoms with Crippen LogP contribution in [0.5, 0.6) is 5.75 Å². The van der Waals surface area contributed by atoms with Crippen LogP contribution in [0, 0.1) is 0 Å². The smallest absolute Gasteiger partial charge is 0.252 e. The van der Waals surface area contributed by atoms with E-state index in [0.717, 1.165) is 38.5 Å². The first-order valence-corrected chi connectivity index (χ1v) is 16.0. The fraction of sp³-hybridized carbons (Fsp3) is 0.257. The van der Waals surface area contributed by atoms with Crippen LogP contribution in [0.25, 0.3) is 0 Å². The predicted molar refractivity (Wildman–Crippen MR) is 176 cm³/mol. The van der Waals surface area contributed by atoms with E-state index >= 15 is 0 Å². The van der Waals surface area contributed by atoms with Gasteiger partial charge in [-0.15, -0.1) is 0 Å². The molecular weight excluding hydrogens is 672 g/mol. The zero-order valence-electron chi connectivity index (χ0n) is 23.7. The van der Waals surface area contributed by atoms with E-state index in [1.165, 1.54) is 5.56 Å². The van der Waals surface area contributed by atoms with Crippen LogP contribution in [-0.4, -0.2) is 42.2 Å². The number of nitrogens with one attached hydrogen (secondary N) is 1. The van der Waals surface area contributed by atoms with Gasteiger partial charge in [0, 0.05) is 46.1 Å². The summed E-state index contributed by atoms with van der Waals surface area (Å²) in [5, 5.41) is 12.3. The average Bonchev–Trinajstić information content (AvgIpc) is 3.41. The molecule has 0 aliphatic carbocycles. The van der Waals surface area contributed by atoms with Crippen molar-refractivity contribution in [3.05, 3.63) is 134 Å². The van der Waals surface area contributed by atoms with Crippen LogP contribution in [0.2, 0.25) is 0 Å². The van der Waals surface area contributed by atoms with Gasteiger partial charge < -0.3 is 19.9 Å². The van der Waals surface area contributed by atoms with Gasteiger partial charge in [0.1, 0.15) is 5.75 Å². The van der Waals surface area contributed by atoms with Crippen LogP contribution in [0.4, 0.5) is 0 Å². The van der Waals surface area contributed by atoms with E-state index in [1.807, 2.05) is 91.0 Å². The Kier molecular flexibility index (Phi) is 10.7. The molecule has 0 spiro atoms. The fourth-order valence-corrected chi connectivity index (χ4v) is 5.91. The van der Waals surface area contributed by atoms with E-state index in [-0.39, 0.29) is 12.5 Å².